The van der Waals surface area contributed by atoms with E-state index < -0.39 is 53.1 Å². The highest BCUT2D eigenvalue weighted by Crippen LogP contribution is 2.37. The number of nitrogens with zero attached hydrogens (tertiary/aromatic N) is 4. The molecule has 39 heavy (non-hydrogen) atoms. The first kappa shape index (κ1) is 29.3. The minimum atomic E-state index is -5.16. The first-order chi connectivity index (χ1) is 18.1. The highest BCUT2D eigenvalue weighted by molar-refractivity contribution is 5.51. The van der Waals surface area contributed by atoms with Gasteiger partial charge in [-0.05, 0) is 39.8 Å². The van der Waals surface area contributed by atoms with Crippen molar-refractivity contribution in [3.63, 3.8) is 0 Å². The Bertz CT molecular complexity index is 1500. The maximum Gasteiger partial charge on any atom is 0.437 e. The van der Waals surface area contributed by atoms with Gasteiger partial charge in [0.1, 0.15) is 17.9 Å². The molecule has 3 aromatic rings. The molecule has 208 valence electrons. The van der Waals surface area contributed by atoms with E-state index in [0.717, 1.165) is 18.3 Å². The Morgan fingerprint density at radius 2 is 1.87 bits per heavy atom. The minimum absolute atomic E-state index is 0.0701. The molecular weight excluding hydrogens is 531 g/mol. The van der Waals surface area contributed by atoms with Crippen LogP contribution in [0.25, 0.3) is 0 Å². The number of ether oxygens (including phenoxy) is 2. The van der Waals surface area contributed by atoms with E-state index in [4.69, 9.17) is 9.47 Å². The lowest BCUT2D eigenvalue weighted by molar-refractivity contribution is -0.614. The third-order valence-electron chi connectivity index (χ3n) is 5.62. The molecule has 0 saturated heterocycles. The molecule has 0 aliphatic carbocycles. The highest BCUT2D eigenvalue weighted by atomic mass is 19.4. The summed E-state index contributed by atoms with van der Waals surface area (Å²) in [6.45, 7) is 5.13. The van der Waals surface area contributed by atoms with Gasteiger partial charge in [0.25, 0.3) is 12.0 Å². The number of hydrogen-bond donors (Lipinski definition) is 1. The van der Waals surface area contributed by atoms with Gasteiger partial charge in [0.15, 0.2) is 11.4 Å². The quantitative estimate of drug-likeness (QED) is 0.250. The molecule has 2 heterocycles. The number of alkyl halides is 5. The molecule has 0 saturated carbocycles. The van der Waals surface area contributed by atoms with Gasteiger partial charge in [0.05, 0.1) is 24.6 Å². The van der Waals surface area contributed by atoms with Crippen LogP contribution in [0.5, 0.6) is 17.2 Å². The van der Waals surface area contributed by atoms with Crippen molar-refractivity contribution in [3.05, 3.63) is 79.9 Å². The zero-order valence-corrected chi connectivity index (χ0v) is 21.1. The number of pyridine rings is 1. The van der Waals surface area contributed by atoms with Crippen LogP contribution in [0.2, 0.25) is 0 Å². The molecule has 0 radical (unpaired) electrons. The van der Waals surface area contributed by atoms with Crippen molar-refractivity contribution in [2.75, 3.05) is 6.61 Å². The lowest BCUT2D eigenvalue weighted by atomic mass is 10.0. The van der Waals surface area contributed by atoms with Crippen LogP contribution in [-0.4, -0.2) is 26.9 Å². The molecule has 3 rings (SSSR count). The molecular formula is C25H23F5N4O5. The van der Waals surface area contributed by atoms with Crippen LogP contribution in [0, 0.1) is 30.4 Å². The van der Waals surface area contributed by atoms with E-state index in [1.165, 1.54) is 13.0 Å². The van der Waals surface area contributed by atoms with Crippen LogP contribution >= 0.6 is 0 Å². The summed E-state index contributed by atoms with van der Waals surface area (Å²) in [4.78, 5) is 16.4. The second-order valence-electron chi connectivity index (χ2n) is 9.22. The lowest BCUT2D eigenvalue weighted by Crippen LogP contribution is -2.38. The van der Waals surface area contributed by atoms with Gasteiger partial charge in [-0.25, -0.2) is 13.8 Å². The standard InChI is InChI=1S/C25H23F5N4O5/c1-13-5-17(34(37)10-19(13)39-24(3,4)11-35)9-33-12-32-21(25(28,29)30)20(23(33)36)38-18-7-15(22(26)27)6-16(8-31)14(18)2/h5-7,10,12,22,35H,9,11H2,1-4H3. The molecule has 1 N–H and O–H groups in total. The van der Waals surface area contributed by atoms with Gasteiger partial charge >= 0.3 is 6.18 Å². The SMILES string of the molecule is Cc1cc(Cn2cnc(C(F)(F)F)c(Oc3cc(C(F)F)cc(C#N)c3C)c2=O)[n+]([O-])cc1OC(C)(C)CO. The van der Waals surface area contributed by atoms with Crippen molar-refractivity contribution in [3.8, 4) is 23.3 Å². The number of rotatable bonds is 8. The maximum atomic E-state index is 13.7. The number of aromatic nitrogens is 3. The fourth-order valence-corrected chi connectivity index (χ4v) is 3.45. The maximum absolute atomic E-state index is 13.7. The first-order valence-corrected chi connectivity index (χ1v) is 11.3. The topological polar surface area (TPSA) is 124 Å². The molecule has 0 atom stereocenters. The predicted octanol–water partition coefficient (Wildman–Crippen LogP) is 4.31. The molecule has 0 aliphatic heterocycles. The molecule has 0 aliphatic rings. The van der Waals surface area contributed by atoms with Crippen LogP contribution < -0.4 is 19.8 Å². The van der Waals surface area contributed by atoms with Crippen LogP contribution in [0.4, 0.5) is 22.0 Å². The zero-order chi connectivity index (χ0) is 29.3. The number of benzene rings is 1. The van der Waals surface area contributed by atoms with E-state index in [2.05, 4.69) is 4.98 Å². The minimum Gasteiger partial charge on any atom is -0.618 e. The lowest BCUT2D eigenvalue weighted by Gasteiger charge is -2.24. The molecule has 9 nitrogen and oxygen atoms in total. The van der Waals surface area contributed by atoms with Gasteiger partial charge in [-0.2, -0.15) is 23.2 Å². The Labute approximate surface area is 218 Å². The summed E-state index contributed by atoms with van der Waals surface area (Å²) in [6, 6.07) is 4.60. The predicted molar refractivity (Wildman–Crippen MR) is 125 cm³/mol. The average molecular weight is 554 g/mol. The Balaban J connectivity index is 2.10. The Hall–Kier alpha value is -4.25. The van der Waals surface area contributed by atoms with Crippen LogP contribution in [0.3, 0.4) is 0 Å². The number of halogens is 5. The fraction of sp³-hybridized carbons (Fsp3) is 0.360. The van der Waals surface area contributed by atoms with E-state index in [-0.39, 0.29) is 29.2 Å². The number of aliphatic hydroxyl groups excluding tert-OH is 1. The van der Waals surface area contributed by atoms with Gasteiger partial charge in [-0.1, -0.05) is 0 Å². The molecule has 0 spiro atoms. The third-order valence-corrected chi connectivity index (χ3v) is 5.62. The van der Waals surface area contributed by atoms with E-state index in [9.17, 15) is 42.3 Å². The van der Waals surface area contributed by atoms with Crippen molar-refractivity contribution in [1.82, 2.24) is 9.55 Å². The van der Waals surface area contributed by atoms with Gasteiger partial charge in [0.2, 0.25) is 17.6 Å². The van der Waals surface area contributed by atoms with Crippen LogP contribution in [-0.2, 0) is 12.7 Å². The van der Waals surface area contributed by atoms with Gasteiger partial charge in [-0.15, -0.1) is 0 Å². The monoisotopic (exact) mass is 554 g/mol. The average Bonchev–Trinajstić information content (AvgIpc) is 2.84. The largest absolute Gasteiger partial charge is 0.618 e. The second kappa shape index (κ2) is 10.9. The summed E-state index contributed by atoms with van der Waals surface area (Å²) >= 11 is 0. The zero-order valence-electron chi connectivity index (χ0n) is 21.1. The molecule has 2 aromatic heterocycles. The number of nitriles is 1. The van der Waals surface area contributed by atoms with Gasteiger partial charge < -0.3 is 19.8 Å². The number of aryl methyl sites for hydroxylation is 1. The third kappa shape index (κ3) is 6.43. The number of hydrogen-bond acceptors (Lipinski definition) is 7. The van der Waals surface area contributed by atoms with Crippen molar-refractivity contribution in [2.45, 2.75) is 52.4 Å². The summed E-state index contributed by atoms with van der Waals surface area (Å²) in [6.07, 6.45) is -6.60. The van der Waals surface area contributed by atoms with Crippen LogP contribution in [0.15, 0.2) is 35.5 Å². The molecule has 0 bridgehead atoms. The molecule has 14 heteroatoms. The summed E-state index contributed by atoms with van der Waals surface area (Å²) in [7, 11) is 0. The summed E-state index contributed by atoms with van der Waals surface area (Å²) in [5.74, 6) is -1.74. The van der Waals surface area contributed by atoms with Crippen LogP contribution in [0.1, 0.15) is 53.9 Å². The molecule has 1 aromatic carbocycles. The highest BCUT2D eigenvalue weighted by Gasteiger charge is 2.39. The van der Waals surface area contributed by atoms with Gasteiger partial charge in [0, 0.05) is 22.8 Å². The van der Waals surface area contributed by atoms with Gasteiger partial charge in [-0.3, -0.25) is 9.36 Å². The van der Waals surface area contributed by atoms with E-state index >= 15 is 0 Å². The summed E-state index contributed by atoms with van der Waals surface area (Å²) in [5.41, 5.74) is -4.76. The molecule has 0 fully saturated rings. The summed E-state index contributed by atoms with van der Waals surface area (Å²) < 4.78 is 79.7. The van der Waals surface area contributed by atoms with E-state index in [1.54, 1.807) is 26.8 Å². The molecule has 0 unspecified atom stereocenters. The van der Waals surface area contributed by atoms with Crippen molar-refractivity contribution >= 4 is 0 Å². The second-order valence-corrected chi connectivity index (χ2v) is 9.22. The smallest absolute Gasteiger partial charge is 0.437 e. The van der Waals surface area contributed by atoms with E-state index in [0.29, 0.717) is 21.2 Å². The molecule has 0 amide bonds. The van der Waals surface area contributed by atoms with E-state index in [1.807, 2.05) is 0 Å². The Morgan fingerprint density at radius 3 is 2.44 bits per heavy atom. The Kier molecular flexibility index (Phi) is 8.16. The number of aliphatic hydroxyl groups is 1. The fourth-order valence-electron chi connectivity index (χ4n) is 3.45. The first-order valence-electron chi connectivity index (χ1n) is 11.3. The Morgan fingerprint density at radius 1 is 1.21 bits per heavy atom. The van der Waals surface area contributed by atoms with Crippen molar-refractivity contribution < 1.29 is 41.3 Å². The van der Waals surface area contributed by atoms with Crippen molar-refractivity contribution in [2.24, 2.45) is 0 Å². The van der Waals surface area contributed by atoms with Crippen molar-refractivity contribution in [1.29, 1.82) is 5.26 Å². The normalized spacial score (nSPS) is 11.9. The summed E-state index contributed by atoms with van der Waals surface area (Å²) in [5, 5.41) is 31.3.